The van der Waals surface area contributed by atoms with E-state index in [1.807, 2.05) is 0 Å². The minimum atomic E-state index is -3.13. The van der Waals surface area contributed by atoms with Crippen molar-refractivity contribution < 1.29 is 27.8 Å². The maximum Gasteiger partial charge on any atom is 0.387 e. The van der Waals surface area contributed by atoms with Crippen molar-refractivity contribution in [3.8, 4) is 5.75 Å². The summed E-state index contributed by atoms with van der Waals surface area (Å²) in [6, 6.07) is 4.12. The standard InChI is InChI=1S/C14H13F3N2O3S/c15-10-5-9(1-2-12(10)22-13(16)17)19-14(21)18-6-11(20)8-3-4-23-7-8/h1-5,7,11,13,20H,6H2,(H2,18,19,21). The zero-order valence-corrected chi connectivity index (χ0v) is 12.4. The van der Waals surface area contributed by atoms with Gasteiger partial charge in [0.05, 0.1) is 6.10 Å². The molecule has 1 heterocycles. The summed E-state index contributed by atoms with van der Waals surface area (Å²) in [5, 5.41) is 18.1. The van der Waals surface area contributed by atoms with Crippen LogP contribution in [0.2, 0.25) is 0 Å². The van der Waals surface area contributed by atoms with Crippen LogP contribution in [0, 0.1) is 5.82 Å². The van der Waals surface area contributed by atoms with Gasteiger partial charge in [-0.25, -0.2) is 9.18 Å². The van der Waals surface area contributed by atoms with Crippen LogP contribution in [0.5, 0.6) is 5.75 Å². The Morgan fingerprint density at radius 2 is 2.13 bits per heavy atom. The first-order valence-corrected chi connectivity index (χ1v) is 7.39. The highest BCUT2D eigenvalue weighted by Crippen LogP contribution is 2.22. The molecule has 0 aliphatic heterocycles. The van der Waals surface area contributed by atoms with Crippen LogP contribution in [0.1, 0.15) is 11.7 Å². The third-order valence-corrected chi connectivity index (χ3v) is 3.49. The molecule has 3 N–H and O–H groups in total. The largest absolute Gasteiger partial charge is 0.432 e. The van der Waals surface area contributed by atoms with Gasteiger partial charge in [0.1, 0.15) is 0 Å². The van der Waals surface area contributed by atoms with Gasteiger partial charge < -0.3 is 20.5 Å². The molecule has 0 saturated carbocycles. The average molecular weight is 346 g/mol. The summed E-state index contributed by atoms with van der Waals surface area (Å²) in [4.78, 5) is 11.7. The van der Waals surface area contributed by atoms with Crippen LogP contribution in [0.15, 0.2) is 35.0 Å². The predicted molar refractivity (Wildman–Crippen MR) is 79.3 cm³/mol. The molecule has 0 spiro atoms. The molecule has 1 atom stereocenters. The number of ether oxygens (including phenoxy) is 1. The lowest BCUT2D eigenvalue weighted by atomic mass is 10.2. The van der Waals surface area contributed by atoms with E-state index in [0.717, 1.165) is 12.1 Å². The van der Waals surface area contributed by atoms with Crippen molar-refractivity contribution in [1.82, 2.24) is 5.32 Å². The lowest BCUT2D eigenvalue weighted by molar-refractivity contribution is -0.0521. The fourth-order valence-electron chi connectivity index (χ4n) is 1.72. The average Bonchev–Trinajstić information content (AvgIpc) is 3.01. The van der Waals surface area contributed by atoms with E-state index in [0.29, 0.717) is 5.56 Å². The van der Waals surface area contributed by atoms with Crippen molar-refractivity contribution in [2.45, 2.75) is 12.7 Å². The second-order valence-corrected chi connectivity index (χ2v) is 5.21. The number of nitrogens with one attached hydrogen (secondary N) is 2. The number of urea groups is 1. The van der Waals surface area contributed by atoms with Gasteiger partial charge in [0.2, 0.25) is 0 Å². The highest BCUT2D eigenvalue weighted by molar-refractivity contribution is 7.07. The summed E-state index contributed by atoms with van der Waals surface area (Å²) in [7, 11) is 0. The highest BCUT2D eigenvalue weighted by atomic mass is 32.1. The fraction of sp³-hybridized carbons (Fsp3) is 0.214. The van der Waals surface area contributed by atoms with Gasteiger partial charge in [-0.3, -0.25) is 0 Å². The number of anilines is 1. The van der Waals surface area contributed by atoms with Crippen LogP contribution in [-0.2, 0) is 0 Å². The van der Waals surface area contributed by atoms with Crippen LogP contribution < -0.4 is 15.4 Å². The minimum Gasteiger partial charge on any atom is -0.432 e. The SMILES string of the molecule is O=C(NCC(O)c1ccsc1)Nc1ccc(OC(F)F)c(F)c1. The first-order chi connectivity index (χ1) is 11.0. The van der Waals surface area contributed by atoms with E-state index in [4.69, 9.17) is 0 Å². The van der Waals surface area contributed by atoms with Gasteiger partial charge in [0.25, 0.3) is 0 Å². The number of benzene rings is 1. The van der Waals surface area contributed by atoms with Crippen LogP contribution in [0.4, 0.5) is 23.7 Å². The summed E-state index contributed by atoms with van der Waals surface area (Å²) in [5.41, 5.74) is 0.737. The van der Waals surface area contributed by atoms with Gasteiger partial charge in [-0.1, -0.05) is 0 Å². The number of carbonyl (C=O) groups excluding carboxylic acids is 1. The number of halogens is 3. The molecule has 2 amide bonds. The second-order valence-electron chi connectivity index (χ2n) is 4.43. The smallest absolute Gasteiger partial charge is 0.387 e. The van der Waals surface area contributed by atoms with E-state index in [1.54, 1.807) is 16.8 Å². The van der Waals surface area contributed by atoms with Crippen molar-refractivity contribution in [3.05, 3.63) is 46.4 Å². The predicted octanol–water partition coefficient (Wildman–Crippen LogP) is 3.34. The Morgan fingerprint density at radius 1 is 1.35 bits per heavy atom. The molecular formula is C14H13F3N2O3S. The summed E-state index contributed by atoms with van der Waals surface area (Å²) in [5.74, 6) is -1.64. The normalized spacial score (nSPS) is 12.0. The summed E-state index contributed by atoms with van der Waals surface area (Å²) < 4.78 is 41.5. The van der Waals surface area contributed by atoms with Gasteiger partial charge in [-0.15, -0.1) is 0 Å². The van der Waals surface area contributed by atoms with E-state index in [1.165, 1.54) is 17.4 Å². The number of hydrogen-bond donors (Lipinski definition) is 3. The minimum absolute atomic E-state index is 0.0301. The first-order valence-electron chi connectivity index (χ1n) is 6.45. The summed E-state index contributed by atoms with van der Waals surface area (Å²) in [6.45, 7) is -3.16. The Kier molecular flexibility index (Phi) is 5.83. The second kappa shape index (κ2) is 7.84. The molecule has 2 rings (SSSR count). The van der Waals surface area contributed by atoms with E-state index in [9.17, 15) is 23.1 Å². The Balaban J connectivity index is 1.86. The van der Waals surface area contributed by atoms with Crippen LogP contribution in [0.25, 0.3) is 0 Å². The molecule has 9 heteroatoms. The number of hydrogen-bond acceptors (Lipinski definition) is 4. The lowest BCUT2D eigenvalue weighted by Crippen LogP contribution is -2.32. The molecule has 1 aromatic heterocycles. The van der Waals surface area contributed by atoms with Gasteiger partial charge in [0.15, 0.2) is 11.6 Å². The molecular weight excluding hydrogens is 333 g/mol. The van der Waals surface area contributed by atoms with Crippen LogP contribution in [-0.4, -0.2) is 24.3 Å². The Hall–Kier alpha value is -2.26. The fourth-order valence-corrected chi connectivity index (χ4v) is 2.42. The Labute approximate surface area is 133 Å². The van der Waals surface area contributed by atoms with Crippen molar-refractivity contribution >= 4 is 23.1 Å². The van der Waals surface area contributed by atoms with E-state index < -0.39 is 30.3 Å². The Morgan fingerprint density at radius 3 is 2.74 bits per heavy atom. The topological polar surface area (TPSA) is 70.6 Å². The van der Waals surface area contributed by atoms with Gasteiger partial charge in [0, 0.05) is 18.3 Å². The molecule has 0 aliphatic carbocycles. The quantitative estimate of drug-likeness (QED) is 0.751. The van der Waals surface area contributed by atoms with E-state index in [-0.39, 0.29) is 12.2 Å². The molecule has 0 radical (unpaired) electrons. The lowest BCUT2D eigenvalue weighted by Gasteiger charge is -2.12. The summed E-state index contributed by atoms with van der Waals surface area (Å²) >= 11 is 1.42. The van der Waals surface area contributed by atoms with Crippen LogP contribution >= 0.6 is 11.3 Å². The molecule has 1 aromatic carbocycles. The molecule has 0 fully saturated rings. The molecule has 23 heavy (non-hydrogen) atoms. The molecule has 0 saturated heterocycles. The third-order valence-electron chi connectivity index (χ3n) is 2.79. The van der Waals surface area contributed by atoms with Crippen LogP contribution in [0.3, 0.4) is 0 Å². The number of alkyl halides is 2. The maximum atomic E-state index is 13.5. The molecule has 0 aliphatic rings. The monoisotopic (exact) mass is 346 g/mol. The number of thiophene rings is 1. The number of carbonyl (C=O) groups is 1. The maximum absolute atomic E-state index is 13.5. The van der Waals surface area contributed by atoms with Crippen molar-refractivity contribution in [3.63, 3.8) is 0 Å². The highest BCUT2D eigenvalue weighted by Gasteiger charge is 2.13. The van der Waals surface area contributed by atoms with Crippen molar-refractivity contribution in [2.24, 2.45) is 0 Å². The molecule has 0 bridgehead atoms. The van der Waals surface area contributed by atoms with Gasteiger partial charge >= 0.3 is 12.6 Å². The molecule has 2 aromatic rings. The summed E-state index contributed by atoms with van der Waals surface area (Å²) in [6.07, 6.45) is -0.856. The number of aliphatic hydroxyl groups excluding tert-OH is 1. The number of rotatable bonds is 6. The van der Waals surface area contributed by atoms with E-state index in [2.05, 4.69) is 15.4 Å². The molecule has 124 valence electrons. The van der Waals surface area contributed by atoms with Gasteiger partial charge in [-0.05, 0) is 34.5 Å². The molecule has 1 unspecified atom stereocenters. The number of aliphatic hydroxyl groups is 1. The Bertz CT molecular complexity index is 653. The zero-order chi connectivity index (χ0) is 16.8. The zero-order valence-electron chi connectivity index (χ0n) is 11.6. The number of amides is 2. The van der Waals surface area contributed by atoms with E-state index >= 15 is 0 Å². The third kappa shape index (κ3) is 5.15. The van der Waals surface area contributed by atoms with Crippen molar-refractivity contribution in [1.29, 1.82) is 0 Å². The van der Waals surface area contributed by atoms with Crippen molar-refractivity contribution in [2.75, 3.05) is 11.9 Å². The molecule has 5 nitrogen and oxygen atoms in total. The first kappa shape index (κ1) is 17.1. The van der Waals surface area contributed by atoms with Gasteiger partial charge in [-0.2, -0.15) is 20.1 Å².